The van der Waals surface area contributed by atoms with Crippen LogP contribution >= 0.6 is 0 Å². The smallest absolute Gasteiger partial charge is 0.179 e. The molecule has 0 amide bonds. The van der Waals surface area contributed by atoms with Crippen molar-refractivity contribution < 1.29 is 4.74 Å². The van der Waals surface area contributed by atoms with Crippen molar-refractivity contribution in [2.75, 3.05) is 12.8 Å². The van der Waals surface area contributed by atoms with Gasteiger partial charge in [-0.05, 0) is 31.2 Å². The molecule has 5 rings (SSSR count). The number of imidazole rings is 1. The molecule has 2 N–H and O–H groups in total. The number of nitrogens with two attached hydrogens (primary N) is 1. The number of para-hydroxylation sites is 4. The minimum absolute atomic E-state index is 0.0670. The number of rotatable bonds is 4. The van der Waals surface area contributed by atoms with Gasteiger partial charge in [0.1, 0.15) is 35.0 Å². The fourth-order valence-electron chi connectivity index (χ4n) is 4.12. The molecule has 5 aromatic rings. The van der Waals surface area contributed by atoms with Gasteiger partial charge in [-0.25, -0.2) is 15.0 Å². The highest BCUT2D eigenvalue weighted by atomic mass is 16.5. The molecule has 33 heavy (non-hydrogen) atoms. The zero-order valence-corrected chi connectivity index (χ0v) is 17.9. The number of aryl methyl sites for hydroxylation is 1. The van der Waals surface area contributed by atoms with E-state index in [-0.39, 0.29) is 11.4 Å². The molecule has 0 saturated heterocycles. The Hall–Kier alpha value is -4.89. The highest BCUT2D eigenvalue weighted by Gasteiger charge is 2.27. The number of benzene rings is 2. The molecule has 0 fully saturated rings. The van der Waals surface area contributed by atoms with E-state index in [4.69, 9.17) is 15.5 Å². The number of nitrogen functional groups attached to an aromatic ring is 1. The number of hydrogen-bond acceptors (Lipinski definition) is 7. The third kappa shape index (κ3) is 2.87. The number of hydrogen-bond donors (Lipinski definition) is 1. The molecule has 160 valence electrons. The van der Waals surface area contributed by atoms with Crippen LogP contribution in [0.1, 0.15) is 18.3 Å². The summed E-state index contributed by atoms with van der Waals surface area (Å²) in [4.78, 5) is 13.8. The standard InChI is InChI=1S/C24H18N8O/c1-3-31-17-9-5-4-8-14(17)29-23(31)20-21-24(30-16(13-26)15(12-25)28-21)32(22(20)27)18-10-6-7-11-19(18)33-2/h4-11H,3,27H2,1-2H3. The predicted octanol–water partition coefficient (Wildman–Crippen LogP) is 3.79. The fourth-order valence-corrected chi connectivity index (χ4v) is 4.12. The van der Waals surface area contributed by atoms with Crippen molar-refractivity contribution >= 4 is 28.0 Å². The maximum Gasteiger partial charge on any atom is 0.179 e. The van der Waals surface area contributed by atoms with Gasteiger partial charge in [-0.3, -0.25) is 4.57 Å². The lowest BCUT2D eigenvalue weighted by Gasteiger charge is -2.12. The average molecular weight is 434 g/mol. The van der Waals surface area contributed by atoms with Crippen molar-refractivity contribution in [2.24, 2.45) is 0 Å². The summed E-state index contributed by atoms with van der Waals surface area (Å²) < 4.78 is 9.28. The monoisotopic (exact) mass is 434 g/mol. The van der Waals surface area contributed by atoms with E-state index in [1.807, 2.05) is 72.2 Å². The Morgan fingerprint density at radius 3 is 2.39 bits per heavy atom. The van der Waals surface area contributed by atoms with Gasteiger partial charge in [-0.2, -0.15) is 10.5 Å². The lowest BCUT2D eigenvalue weighted by molar-refractivity contribution is 0.413. The van der Waals surface area contributed by atoms with Gasteiger partial charge >= 0.3 is 0 Å². The van der Waals surface area contributed by atoms with Crippen molar-refractivity contribution in [2.45, 2.75) is 13.5 Å². The van der Waals surface area contributed by atoms with Crippen LogP contribution in [-0.2, 0) is 6.54 Å². The molecule has 0 aliphatic heterocycles. The summed E-state index contributed by atoms with van der Waals surface area (Å²) in [6, 6.07) is 19.1. The number of aromatic nitrogens is 5. The molecule has 0 aliphatic rings. The van der Waals surface area contributed by atoms with Crippen LogP contribution in [0.25, 0.3) is 39.3 Å². The van der Waals surface area contributed by atoms with Gasteiger partial charge in [-0.15, -0.1) is 0 Å². The Balaban J connectivity index is 1.97. The van der Waals surface area contributed by atoms with Crippen LogP contribution in [0, 0.1) is 22.7 Å². The van der Waals surface area contributed by atoms with Gasteiger partial charge < -0.3 is 15.0 Å². The third-order valence-electron chi connectivity index (χ3n) is 5.56. The molecule has 0 saturated carbocycles. The second-order valence-corrected chi connectivity index (χ2v) is 7.25. The van der Waals surface area contributed by atoms with Crippen molar-refractivity contribution in [3.63, 3.8) is 0 Å². The van der Waals surface area contributed by atoms with Crippen LogP contribution in [0.15, 0.2) is 48.5 Å². The van der Waals surface area contributed by atoms with E-state index in [1.165, 1.54) is 0 Å². The molecular formula is C24H18N8O. The minimum Gasteiger partial charge on any atom is -0.495 e. The number of anilines is 1. The molecule has 9 heteroatoms. The first-order chi connectivity index (χ1) is 16.1. The highest BCUT2D eigenvalue weighted by Crippen LogP contribution is 2.40. The molecule has 3 aromatic heterocycles. The lowest BCUT2D eigenvalue weighted by Crippen LogP contribution is -2.05. The number of ether oxygens (including phenoxy) is 1. The summed E-state index contributed by atoms with van der Waals surface area (Å²) in [6.07, 6.45) is 0. The fraction of sp³-hybridized carbons (Fsp3) is 0.125. The molecule has 0 radical (unpaired) electrons. The van der Waals surface area contributed by atoms with Crippen molar-refractivity contribution in [3.05, 3.63) is 59.9 Å². The molecule has 0 aliphatic carbocycles. The maximum atomic E-state index is 9.58. The summed E-state index contributed by atoms with van der Waals surface area (Å²) in [6.45, 7) is 2.67. The SMILES string of the molecule is CCn1c(-c2c(N)n(-c3ccccc3OC)c3nc(C#N)c(C#N)nc23)nc2ccccc21. The van der Waals surface area contributed by atoms with E-state index in [2.05, 4.69) is 9.97 Å². The zero-order valence-electron chi connectivity index (χ0n) is 17.9. The van der Waals surface area contributed by atoms with Crippen LogP contribution in [0.2, 0.25) is 0 Å². The third-order valence-corrected chi connectivity index (χ3v) is 5.56. The Morgan fingerprint density at radius 1 is 0.970 bits per heavy atom. The normalized spacial score (nSPS) is 10.9. The summed E-state index contributed by atoms with van der Waals surface area (Å²) in [5.41, 5.74) is 10.3. The molecule has 0 spiro atoms. The van der Waals surface area contributed by atoms with Crippen LogP contribution in [0.3, 0.4) is 0 Å². The van der Waals surface area contributed by atoms with Crippen molar-refractivity contribution in [1.29, 1.82) is 10.5 Å². The number of fused-ring (bicyclic) bond motifs is 2. The van der Waals surface area contributed by atoms with Gasteiger partial charge in [0.2, 0.25) is 0 Å². The second kappa shape index (κ2) is 7.66. The number of nitrogens with zero attached hydrogens (tertiary/aromatic N) is 7. The zero-order chi connectivity index (χ0) is 23.1. The molecule has 2 aromatic carbocycles. The first-order valence-corrected chi connectivity index (χ1v) is 10.2. The van der Waals surface area contributed by atoms with E-state index in [1.54, 1.807) is 11.7 Å². The van der Waals surface area contributed by atoms with Crippen molar-refractivity contribution in [3.8, 4) is 35.0 Å². The molecule has 0 unspecified atom stereocenters. The topological polar surface area (TPSA) is 131 Å². The van der Waals surface area contributed by atoms with Gasteiger partial charge in [0.15, 0.2) is 17.0 Å². The number of nitriles is 2. The predicted molar refractivity (Wildman–Crippen MR) is 124 cm³/mol. The van der Waals surface area contributed by atoms with E-state index in [0.717, 1.165) is 11.0 Å². The quantitative estimate of drug-likeness (QED) is 0.455. The van der Waals surface area contributed by atoms with E-state index in [9.17, 15) is 10.5 Å². The Bertz CT molecular complexity index is 1630. The second-order valence-electron chi connectivity index (χ2n) is 7.25. The van der Waals surface area contributed by atoms with E-state index >= 15 is 0 Å². The lowest BCUT2D eigenvalue weighted by atomic mass is 10.2. The van der Waals surface area contributed by atoms with Gasteiger partial charge in [0.25, 0.3) is 0 Å². The van der Waals surface area contributed by atoms with Crippen LogP contribution in [0.4, 0.5) is 5.82 Å². The maximum absolute atomic E-state index is 9.58. The van der Waals surface area contributed by atoms with Crippen LogP contribution < -0.4 is 10.5 Å². The summed E-state index contributed by atoms with van der Waals surface area (Å²) in [7, 11) is 1.57. The van der Waals surface area contributed by atoms with E-state index < -0.39 is 0 Å². The van der Waals surface area contributed by atoms with E-state index in [0.29, 0.717) is 46.4 Å². The van der Waals surface area contributed by atoms with Crippen LogP contribution in [0.5, 0.6) is 5.75 Å². The molecule has 3 heterocycles. The Labute approximate surface area is 188 Å². The largest absolute Gasteiger partial charge is 0.495 e. The molecule has 0 bridgehead atoms. The first-order valence-electron chi connectivity index (χ1n) is 10.2. The van der Waals surface area contributed by atoms with Gasteiger partial charge in [0, 0.05) is 6.54 Å². The summed E-state index contributed by atoms with van der Waals surface area (Å²) >= 11 is 0. The van der Waals surface area contributed by atoms with Gasteiger partial charge in [0.05, 0.1) is 29.4 Å². The summed E-state index contributed by atoms with van der Waals surface area (Å²) in [5, 5.41) is 19.1. The Kier molecular flexibility index (Phi) is 4.65. The highest BCUT2D eigenvalue weighted by molar-refractivity contribution is 6.00. The molecule has 9 nitrogen and oxygen atoms in total. The van der Waals surface area contributed by atoms with Gasteiger partial charge in [-0.1, -0.05) is 24.3 Å². The Morgan fingerprint density at radius 2 is 1.67 bits per heavy atom. The number of methoxy groups -OCH3 is 1. The first kappa shape index (κ1) is 20.0. The molecule has 0 atom stereocenters. The van der Waals surface area contributed by atoms with Crippen LogP contribution in [-0.4, -0.2) is 31.2 Å². The molecular weight excluding hydrogens is 416 g/mol. The minimum atomic E-state index is -0.0748. The summed E-state index contributed by atoms with van der Waals surface area (Å²) in [5.74, 6) is 1.51. The average Bonchev–Trinajstić information content (AvgIpc) is 3.36. The van der Waals surface area contributed by atoms with Crippen molar-refractivity contribution in [1.82, 2.24) is 24.1 Å².